The van der Waals surface area contributed by atoms with E-state index in [0.717, 1.165) is 13.2 Å². The first kappa shape index (κ1) is 11.9. The minimum atomic E-state index is -0.406. The zero-order valence-electron chi connectivity index (χ0n) is 10.3. The smallest absolute Gasteiger partial charge is 0.308 e. The molecule has 16 heavy (non-hydrogen) atoms. The van der Waals surface area contributed by atoms with E-state index in [1.54, 1.807) is 0 Å². The monoisotopic (exact) mass is 227 g/mol. The Morgan fingerprint density at radius 1 is 1.50 bits per heavy atom. The van der Waals surface area contributed by atoms with Gasteiger partial charge in [0.15, 0.2) is 0 Å². The van der Waals surface area contributed by atoms with Gasteiger partial charge in [-0.25, -0.2) is 0 Å². The van der Waals surface area contributed by atoms with E-state index in [-0.39, 0.29) is 17.6 Å². The normalized spacial score (nSPS) is 27.8. The summed E-state index contributed by atoms with van der Waals surface area (Å²) in [5, 5.41) is 3.45. The van der Waals surface area contributed by atoms with Gasteiger partial charge in [-0.15, -0.1) is 0 Å². The summed E-state index contributed by atoms with van der Waals surface area (Å²) in [6, 6.07) is 0. The molecule has 0 aromatic heterocycles. The molecule has 2 fully saturated rings. The second-order valence-corrected chi connectivity index (χ2v) is 5.88. The molecule has 1 saturated carbocycles. The van der Waals surface area contributed by atoms with Gasteiger partial charge in [0.1, 0.15) is 5.60 Å². The highest BCUT2D eigenvalue weighted by molar-refractivity contribution is 5.70. The van der Waals surface area contributed by atoms with Crippen molar-refractivity contribution >= 4 is 5.97 Å². The molecule has 92 valence electrons. The molecule has 0 radical (unpaired) electrons. The Balaban J connectivity index is 1.72. The molecule has 1 aliphatic heterocycles. The number of ether oxygens (including phenoxy) is 2. The summed E-state index contributed by atoms with van der Waals surface area (Å²) in [7, 11) is 0. The SMILES string of the molecule is CC(C)(C)OC(=O)CC1CNC2(CC2)CO1. The van der Waals surface area contributed by atoms with Gasteiger partial charge in [-0.3, -0.25) is 4.79 Å². The summed E-state index contributed by atoms with van der Waals surface area (Å²) >= 11 is 0. The highest BCUT2D eigenvalue weighted by atomic mass is 16.6. The number of morpholine rings is 1. The van der Waals surface area contributed by atoms with Gasteiger partial charge in [0.05, 0.1) is 19.1 Å². The fourth-order valence-corrected chi connectivity index (χ4v) is 1.89. The van der Waals surface area contributed by atoms with E-state index in [9.17, 15) is 4.79 Å². The Labute approximate surface area is 96.7 Å². The van der Waals surface area contributed by atoms with Gasteiger partial charge < -0.3 is 14.8 Å². The fourth-order valence-electron chi connectivity index (χ4n) is 1.89. The standard InChI is InChI=1S/C12H21NO3/c1-11(2,3)16-10(14)6-9-7-13-12(4-5-12)8-15-9/h9,13H,4-8H2,1-3H3. The predicted molar refractivity (Wildman–Crippen MR) is 60.2 cm³/mol. The molecule has 1 unspecified atom stereocenters. The highest BCUT2D eigenvalue weighted by Crippen LogP contribution is 2.37. The average molecular weight is 227 g/mol. The summed E-state index contributed by atoms with van der Waals surface area (Å²) in [4.78, 5) is 11.6. The van der Waals surface area contributed by atoms with Crippen LogP contribution in [0.5, 0.6) is 0 Å². The summed E-state index contributed by atoms with van der Waals surface area (Å²) in [6.07, 6.45) is 2.72. The van der Waals surface area contributed by atoms with E-state index in [2.05, 4.69) is 5.32 Å². The van der Waals surface area contributed by atoms with Crippen molar-refractivity contribution in [3.05, 3.63) is 0 Å². The molecule has 0 aromatic rings. The molecule has 0 aromatic carbocycles. The van der Waals surface area contributed by atoms with Crippen molar-refractivity contribution in [1.82, 2.24) is 5.32 Å². The number of hydrogen-bond acceptors (Lipinski definition) is 4. The maximum absolute atomic E-state index is 11.6. The largest absolute Gasteiger partial charge is 0.460 e. The second-order valence-electron chi connectivity index (χ2n) is 5.88. The van der Waals surface area contributed by atoms with Crippen molar-refractivity contribution in [3.63, 3.8) is 0 Å². The molecule has 4 nitrogen and oxygen atoms in total. The summed E-state index contributed by atoms with van der Waals surface area (Å²) < 4.78 is 10.9. The molecule has 1 spiro atoms. The van der Waals surface area contributed by atoms with Crippen LogP contribution in [0.2, 0.25) is 0 Å². The lowest BCUT2D eigenvalue weighted by Gasteiger charge is -2.30. The van der Waals surface area contributed by atoms with E-state index in [4.69, 9.17) is 9.47 Å². The molecular formula is C12H21NO3. The molecule has 1 saturated heterocycles. The third-order valence-electron chi connectivity index (χ3n) is 2.97. The Kier molecular flexibility index (Phi) is 2.97. The number of hydrogen-bond donors (Lipinski definition) is 1. The molecule has 1 heterocycles. The average Bonchev–Trinajstić information content (AvgIpc) is 2.87. The van der Waals surface area contributed by atoms with Crippen molar-refractivity contribution < 1.29 is 14.3 Å². The van der Waals surface area contributed by atoms with Crippen molar-refractivity contribution in [2.45, 2.75) is 57.3 Å². The van der Waals surface area contributed by atoms with E-state index in [1.807, 2.05) is 20.8 Å². The van der Waals surface area contributed by atoms with Gasteiger partial charge in [-0.1, -0.05) is 0 Å². The first-order valence-corrected chi connectivity index (χ1v) is 5.97. The third kappa shape index (κ3) is 3.19. The first-order valence-electron chi connectivity index (χ1n) is 5.97. The van der Waals surface area contributed by atoms with Gasteiger partial charge in [0.2, 0.25) is 0 Å². The van der Waals surface area contributed by atoms with E-state index in [0.29, 0.717) is 6.42 Å². The number of esters is 1. The zero-order valence-corrected chi connectivity index (χ0v) is 10.3. The predicted octanol–water partition coefficient (Wildman–Crippen LogP) is 1.24. The minimum Gasteiger partial charge on any atom is -0.460 e. The molecule has 2 aliphatic rings. The van der Waals surface area contributed by atoms with Crippen molar-refractivity contribution in [2.24, 2.45) is 0 Å². The van der Waals surface area contributed by atoms with Crippen molar-refractivity contribution in [3.8, 4) is 0 Å². The van der Waals surface area contributed by atoms with Crippen molar-refractivity contribution in [2.75, 3.05) is 13.2 Å². The lowest BCUT2D eigenvalue weighted by atomic mass is 10.1. The lowest BCUT2D eigenvalue weighted by Crippen LogP contribution is -2.49. The maximum Gasteiger partial charge on any atom is 0.308 e. The second kappa shape index (κ2) is 4.00. The van der Waals surface area contributed by atoms with Crippen LogP contribution in [-0.2, 0) is 14.3 Å². The minimum absolute atomic E-state index is 0.0268. The number of carbonyl (C=O) groups excluding carboxylic acids is 1. The van der Waals surface area contributed by atoms with Crippen LogP contribution in [0, 0.1) is 0 Å². The number of carbonyl (C=O) groups is 1. The topological polar surface area (TPSA) is 47.6 Å². The quantitative estimate of drug-likeness (QED) is 0.721. The molecular weight excluding hydrogens is 206 g/mol. The number of nitrogens with one attached hydrogen (secondary N) is 1. The Morgan fingerprint density at radius 3 is 2.62 bits per heavy atom. The molecule has 1 atom stereocenters. The van der Waals surface area contributed by atoms with Gasteiger partial charge in [0.25, 0.3) is 0 Å². The molecule has 0 bridgehead atoms. The molecule has 0 amide bonds. The van der Waals surface area contributed by atoms with E-state index < -0.39 is 5.60 Å². The lowest BCUT2D eigenvalue weighted by molar-refractivity contribution is -0.159. The Bertz CT molecular complexity index is 268. The zero-order chi connectivity index (χ0) is 11.8. The third-order valence-corrected chi connectivity index (χ3v) is 2.97. The number of rotatable bonds is 2. The van der Waals surface area contributed by atoms with Crippen LogP contribution in [0.1, 0.15) is 40.0 Å². The summed E-state index contributed by atoms with van der Waals surface area (Å²) in [6.45, 7) is 7.14. The van der Waals surface area contributed by atoms with Gasteiger partial charge in [0, 0.05) is 12.1 Å². The van der Waals surface area contributed by atoms with Crippen LogP contribution in [0.15, 0.2) is 0 Å². The van der Waals surface area contributed by atoms with Gasteiger partial charge in [-0.2, -0.15) is 0 Å². The summed E-state index contributed by atoms with van der Waals surface area (Å²) in [5.41, 5.74) is -0.151. The fraction of sp³-hybridized carbons (Fsp3) is 0.917. The molecule has 4 heteroatoms. The van der Waals surface area contributed by atoms with Crippen LogP contribution >= 0.6 is 0 Å². The highest BCUT2D eigenvalue weighted by Gasteiger charge is 2.46. The Morgan fingerprint density at radius 2 is 2.19 bits per heavy atom. The molecule has 1 aliphatic carbocycles. The molecule has 2 rings (SSSR count). The molecule has 1 N–H and O–H groups in total. The maximum atomic E-state index is 11.6. The summed E-state index contributed by atoms with van der Waals surface area (Å²) in [5.74, 6) is -0.175. The van der Waals surface area contributed by atoms with E-state index in [1.165, 1.54) is 12.8 Å². The van der Waals surface area contributed by atoms with E-state index >= 15 is 0 Å². The van der Waals surface area contributed by atoms with Crippen LogP contribution in [0.4, 0.5) is 0 Å². The van der Waals surface area contributed by atoms with Crippen LogP contribution in [0.3, 0.4) is 0 Å². The van der Waals surface area contributed by atoms with Crippen LogP contribution in [-0.4, -0.2) is 36.4 Å². The van der Waals surface area contributed by atoms with Gasteiger partial charge >= 0.3 is 5.97 Å². The van der Waals surface area contributed by atoms with Crippen LogP contribution < -0.4 is 5.32 Å². The van der Waals surface area contributed by atoms with Crippen molar-refractivity contribution in [1.29, 1.82) is 0 Å². The Hall–Kier alpha value is -0.610. The van der Waals surface area contributed by atoms with Crippen LogP contribution in [0.25, 0.3) is 0 Å². The first-order chi connectivity index (χ1) is 7.39. The van der Waals surface area contributed by atoms with Gasteiger partial charge in [-0.05, 0) is 33.6 Å².